The summed E-state index contributed by atoms with van der Waals surface area (Å²) in [7, 11) is 0. The van der Waals surface area contributed by atoms with Gasteiger partial charge in [0.15, 0.2) is 0 Å². The van der Waals surface area contributed by atoms with Gasteiger partial charge in [0, 0.05) is 0 Å². The maximum absolute atomic E-state index is 10.3. The molecule has 4 N–H and O–H groups in total. The number of hydrogen-bond acceptors (Lipinski definition) is 2. The molecular weight excluding hydrogens is 367 g/mol. The molecule has 2 rings (SSSR count). The third-order valence-corrected chi connectivity index (χ3v) is 3.16. The van der Waals surface area contributed by atoms with Gasteiger partial charge in [0.2, 0.25) is 0 Å². The van der Waals surface area contributed by atoms with Gasteiger partial charge in [-0.25, -0.2) is 0 Å². The van der Waals surface area contributed by atoms with Crippen molar-refractivity contribution in [2.45, 2.75) is 24.9 Å². The van der Waals surface area contributed by atoms with Gasteiger partial charge in [0.25, 0.3) is 11.9 Å². The van der Waals surface area contributed by atoms with E-state index in [4.69, 9.17) is 21.7 Å². The molecule has 0 aliphatic rings. The molecule has 7 heteroatoms. The van der Waals surface area contributed by atoms with Gasteiger partial charge in [-0.1, -0.05) is 60.7 Å². The van der Waals surface area contributed by atoms with Gasteiger partial charge in [-0.3, -0.25) is 9.59 Å². The Morgan fingerprint density at radius 2 is 1.00 bits per heavy atom. The van der Waals surface area contributed by atoms with Crippen LogP contribution in [0.5, 0.6) is 0 Å². The molecule has 0 aliphatic carbocycles. The number of aliphatic carboxylic acids is 2. The van der Waals surface area contributed by atoms with Crippen LogP contribution in [-0.4, -0.2) is 34.2 Å². The molecule has 6 nitrogen and oxygen atoms in total. The van der Waals surface area contributed by atoms with Gasteiger partial charge in [-0.2, -0.15) is 0 Å². The van der Waals surface area contributed by atoms with Crippen LogP contribution >= 0.6 is 0 Å². The predicted octanol–water partition coefficient (Wildman–Crippen LogP) is 3.47. The maximum Gasteiger partial charge on any atom is 2.00 e. The first-order valence-corrected chi connectivity index (χ1v) is 7.36. The summed E-state index contributed by atoms with van der Waals surface area (Å²) in [6, 6.07) is 16.3. The number of carboxylic acids is 2. The first kappa shape index (κ1) is 22.8. The zero-order chi connectivity index (χ0) is 17.9. The minimum atomic E-state index is -1.07. The Bertz CT molecular complexity index is 581. The summed E-state index contributed by atoms with van der Waals surface area (Å²) in [6.45, 7) is 0. The Balaban J connectivity index is 0.000000443. The van der Waals surface area contributed by atoms with Crippen LogP contribution in [0.15, 0.2) is 60.7 Å². The van der Waals surface area contributed by atoms with E-state index in [2.05, 4.69) is 0 Å². The van der Waals surface area contributed by atoms with Crippen molar-refractivity contribution in [1.82, 2.24) is 0 Å². The van der Waals surface area contributed by atoms with Crippen LogP contribution in [-0.2, 0) is 38.9 Å². The SMILES string of the molecule is [NH-]C(Cc1ccccc1)C(=O)O.[NH-]C(Cc1ccccc1)C(=O)O.[Ni+2]. The van der Waals surface area contributed by atoms with Crippen molar-refractivity contribution in [3.8, 4) is 0 Å². The van der Waals surface area contributed by atoms with Crippen LogP contribution in [0.3, 0.4) is 0 Å². The largest absolute Gasteiger partial charge is 2.00 e. The molecule has 0 spiro atoms. The minimum absolute atomic E-state index is 0. The molecule has 2 aromatic carbocycles. The van der Waals surface area contributed by atoms with Gasteiger partial charge < -0.3 is 21.7 Å². The summed E-state index contributed by atoms with van der Waals surface area (Å²) >= 11 is 0. The molecule has 2 atom stereocenters. The van der Waals surface area contributed by atoms with E-state index in [-0.39, 0.29) is 29.3 Å². The first-order valence-electron chi connectivity index (χ1n) is 7.36. The molecule has 25 heavy (non-hydrogen) atoms. The summed E-state index contributed by atoms with van der Waals surface area (Å²) in [5.74, 6) is -2.14. The van der Waals surface area contributed by atoms with Crippen molar-refractivity contribution in [3.63, 3.8) is 0 Å². The van der Waals surface area contributed by atoms with Gasteiger partial charge >= 0.3 is 16.5 Å². The second-order valence-corrected chi connectivity index (χ2v) is 5.16. The Morgan fingerprint density at radius 3 is 1.24 bits per heavy atom. The minimum Gasteiger partial charge on any atom is -0.665 e. The van der Waals surface area contributed by atoms with Crippen LogP contribution in [0.25, 0.3) is 11.5 Å². The van der Waals surface area contributed by atoms with E-state index >= 15 is 0 Å². The van der Waals surface area contributed by atoms with Crippen LogP contribution in [0.4, 0.5) is 0 Å². The number of carboxylic acid groups (broad SMARTS) is 2. The van der Waals surface area contributed by atoms with Crippen molar-refractivity contribution in [2.75, 3.05) is 0 Å². The molecule has 0 aromatic heterocycles. The fourth-order valence-corrected chi connectivity index (χ4v) is 1.87. The average molecular weight is 387 g/mol. The molecule has 2 unspecified atom stereocenters. The normalized spacial score (nSPS) is 11.9. The number of hydrogen-bond donors (Lipinski definition) is 2. The average Bonchev–Trinajstić information content (AvgIpc) is 2.57. The molecule has 0 saturated carbocycles. The molecule has 0 aliphatic heterocycles. The van der Waals surface area contributed by atoms with Gasteiger partial charge in [-0.15, -0.1) is 0 Å². The number of rotatable bonds is 6. The molecule has 0 saturated heterocycles. The molecule has 0 bridgehead atoms. The van der Waals surface area contributed by atoms with Crippen LogP contribution in [0, 0.1) is 0 Å². The molecule has 2 aromatic rings. The first-order chi connectivity index (χ1) is 11.4. The third-order valence-electron chi connectivity index (χ3n) is 3.16. The second kappa shape index (κ2) is 12.2. The van der Waals surface area contributed by atoms with E-state index in [9.17, 15) is 9.59 Å². The van der Waals surface area contributed by atoms with Crippen molar-refractivity contribution in [1.29, 1.82) is 0 Å². The Morgan fingerprint density at radius 1 is 0.720 bits per heavy atom. The van der Waals surface area contributed by atoms with Crippen molar-refractivity contribution in [2.24, 2.45) is 0 Å². The Labute approximate surface area is 156 Å². The number of benzene rings is 2. The van der Waals surface area contributed by atoms with E-state index in [1.807, 2.05) is 60.7 Å². The molecule has 0 fully saturated rings. The van der Waals surface area contributed by atoms with Crippen LogP contribution in [0.2, 0.25) is 0 Å². The second-order valence-electron chi connectivity index (χ2n) is 5.16. The van der Waals surface area contributed by atoms with E-state index < -0.39 is 24.0 Å². The Kier molecular flexibility index (Phi) is 11.1. The molecule has 0 amide bonds. The van der Waals surface area contributed by atoms with E-state index in [1.54, 1.807) is 0 Å². The molecule has 136 valence electrons. The van der Waals surface area contributed by atoms with E-state index in [0.717, 1.165) is 11.1 Å². The number of nitrogens with one attached hydrogen (secondary N) is 2. The van der Waals surface area contributed by atoms with E-state index in [0.29, 0.717) is 0 Å². The third kappa shape index (κ3) is 9.62. The summed E-state index contributed by atoms with van der Waals surface area (Å²) in [5, 5.41) is 16.9. The van der Waals surface area contributed by atoms with E-state index in [1.165, 1.54) is 0 Å². The summed E-state index contributed by atoms with van der Waals surface area (Å²) in [5.41, 5.74) is 16.1. The zero-order valence-electron chi connectivity index (χ0n) is 13.4. The molecule has 0 heterocycles. The number of carbonyl (C=O) groups is 2. The predicted molar refractivity (Wildman–Crippen MR) is 91.8 cm³/mol. The monoisotopic (exact) mass is 386 g/mol. The fraction of sp³-hybridized carbons (Fsp3) is 0.222. The zero-order valence-corrected chi connectivity index (χ0v) is 14.4. The summed E-state index contributed by atoms with van der Waals surface area (Å²) in [6.07, 6.45) is 0.548. The van der Waals surface area contributed by atoms with Gasteiger partial charge in [-0.05, 0) is 36.1 Å². The quantitative estimate of drug-likeness (QED) is 0.737. The van der Waals surface area contributed by atoms with Gasteiger partial charge in [0.1, 0.15) is 0 Å². The smallest absolute Gasteiger partial charge is 0.665 e. The standard InChI is InChI=1S/2C9H10NO2.Ni/c2*10-8(9(11)12)6-7-4-2-1-3-5-7;/h2*1-5,8,10H,6H2,(H,11,12);/q2*-1;+2. The van der Waals surface area contributed by atoms with Gasteiger partial charge in [0.05, 0.1) is 0 Å². The summed E-state index contributed by atoms with van der Waals surface area (Å²) in [4.78, 5) is 20.6. The summed E-state index contributed by atoms with van der Waals surface area (Å²) < 4.78 is 0. The topological polar surface area (TPSA) is 122 Å². The van der Waals surface area contributed by atoms with Crippen molar-refractivity contribution in [3.05, 3.63) is 83.3 Å². The van der Waals surface area contributed by atoms with Crippen LogP contribution < -0.4 is 0 Å². The van der Waals surface area contributed by atoms with Crippen molar-refractivity contribution >= 4 is 11.9 Å². The molecule has 0 radical (unpaired) electrons. The molecular formula is C18H20N2NiO4. The Hall–Kier alpha value is -2.21. The van der Waals surface area contributed by atoms with Crippen LogP contribution in [0.1, 0.15) is 11.1 Å². The van der Waals surface area contributed by atoms with Crippen molar-refractivity contribution < 1.29 is 36.3 Å². The fourth-order valence-electron chi connectivity index (χ4n) is 1.87. The maximum atomic E-state index is 10.3.